The number of hydrogen-bond acceptors (Lipinski definition) is 6. The van der Waals surface area contributed by atoms with Crippen molar-refractivity contribution in [3.63, 3.8) is 0 Å². The van der Waals surface area contributed by atoms with Gasteiger partial charge in [0.2, 0.25) is 0 Å². The third-order valence-electron chi connectivity index (χ3n) is 13.4. The fraction of sp³-hybridized carbons (Fsp3) is 0.773. The van der Waals surface area contributed by atoms with Crippen LogP contribution < -0.4 is 0 Å². The van der Waals surface area contributed by atoms with Gasteiger partial charge in [0.25, 0.3) is 0 Å². The maximum absolute atomic E-state index is 12.8. The minimum absolute atomic E-state index is 0.0738. The number of rotatable bonds is 56. The van der Waals surface area contributed by atoms with Gasteiger partial charge in [0, 0.05) is 19.3 Å². The van der Waals surface area contributed by atoms with Crippen LogP contribution in [0.2, 0.25) is 0 Å². The summed E-state index contributed by atoms with van der Waals surface area (Å²) in [5, 5.41) is 0. The van der Waals surface area contributed by atoms with Crippen molar-refractivity contribution >= 4 is 17.9 Å². The van der Waals surface area contributed by atoms with E-state index >= 15 is 0 Å². The summed E-state index contributed by atoms with van der Waals surface area (Å²) in [5.74, 6) is -0.873. The highest BCUT2D eigenvalue weighted by molar-refractivity contribution is 5.71. The fourth-order valence-electron chi connectivity index (χ4n) is 8.83. The van der Waals surface area contributed by atoms with E-state index in [1.165, 1.54) is 167 Å². The van der Waals surface area contributed by atoms with Crippen molar-refractivity contribution in [2.24, 2.45) is 0 Å². The van der Waals surface area contributed by atoms with Gasteiger partial charge >= 0.3 is 17.9 Å². The molecule has 0 N–H and O–H groups in total. The van der Waals surface area contributed by atoms with Gasteiger partial charge in [-0.15, -0.1) is 0 Å². The first kappa shape index (κ1) is 68.8. The van der Waals surface area contributed by atoms with E-state index in [0.717, 1.165) is 103 Å². The predicted molar refractivity (Wildman–Crippen MR) is 311 cm³/mol. The lowest BCUT2D eigenvalue weighted by atomic mass is 10.0. The molecule has 1 atom stereocenters. The van der Waals surface area contributed by atoms with Gasteiger partial charge in [0.15, 0.2) is 6.10 Å². The molecule has 0 rings (SSSR count). The lowest BCUT2D eigenvalue weighted by molar-refractivity contribution is -0.167. The van der Waals surface area contributed by atoms with Gasteiger partial charge in [0.1, 0.15) is 13.2 Å². The van der Waals surface area contributed by atoms with E-state index < -0.39 is 6.10 Å². The molecule has 416 valence electrons. The third-order valence-corrected chi connectivity index (χ3v) is 13.4. The second-order valence-electron chi connectivity index (χ2n) is 20.6. The summed E-state index contributed by atoms with van der Waals surface area (Å²) in [6, 6.07) is 0. The molecule has 0 aromatic rings. The molecule has 72 heavy (non-hydrogen) atoms. The molecule has 0 aliphatic rings. The molecular formula is C66H116O6. The molecule has 0 spiro atoms. The Hall–Kier alpha value is -3.15. The summed E-state index contributed by atoms with van der Waals surface area (Å²) < 4.78 is 16.8. The van der Waals surface area contributed by atoms with Crippen LogP contribution in [0.15, 0.2) is 72.9 Å². The van der Waals surface area contributed by atoms with Gasteiger partial charge in [-0.1, -0.05) is 280 Å². The molecule has 0 radical (unpaired) electrons. The lowest BCUT2D eigenvalue weighted by Crippen LogP contribution is -2.30. The van der Waals surface area contributed by atoms with E-state index in [9.17, 15) is 14.4 Å². The van der Waals surface area contributed by atoms with E-state index in [4.69, 9.17) is 14.2 Å². The van der Waals surface area contributed by atoms with E-state index in [1.54, 1.807) is 0 Å². The van der Waals surface area contributed by atoms with Crippen LogP contribution >= 0.6 is 0 Å². The first-order valence-electron chi connectivity index (χ1n) is 30.9. The summed E-state index contributed by atoms with van der Waals surface area (Å²) in [6.45, 7) is 6.48. The summed E-state index contributed by atoms with van der Waals surface area (Å²) in [4.78, 5) is 38.1. The number of unbranched alkanes of at least 4 members (excludes halogenated alkanes) is 33. The van der Waals surface area contributed by atoms with Crippen molar-refractivity contribution in [3.8, 4) is 0 Å². The monoisotopic (exact) mass is 1000 g/mol. The Morgan fingerprint density at radius 3 is 0.917 bits per heavy atom. The van der Waals surface area contributed by atoms with Crippen LogP contribution in [0.1, 0.15) is 310 Å². The van der Waals surface area contributed by atoms with E-state index in [-0.39, 0.29) is 31.1 Å². The number of ether oxygens (including phenoxy) is 3. The molecule has 0 aromatic heterocycles. The SMILES string of the molecule is CC/C=C\C/C=C\C/C=C\C/C=C\C/C=C\CCCCCCCCCCCCCCCCCC(=O)OCC(COC(=O)CCCCCCC/C=C\CCC)OC(=O)CCCCCCCCCCCCCCC. The molecule has 0 fully saturated rings. The highest BCUT2D eigenvalue weighted by Gasteiger charge is 2.19. The Kier molecular flexibility index (Phi) is 57.8. The summed E-state index contributed by atoms with van der Waals surface area (Å²) in [7, 11) is 0. The van der Waals surface area contributed by atoms with Crippen molar-refractivity contribution in [2.45, 2.75) is 316 Å². The van der Waals surface area contributed by atoms with Crippen LogP contribution in [0.4, 0.5) is 0 Å². The Balaban J connectivity index is 4.09. The van der Waals surface area contributed by atoms with Crippen LogP contribution in [0.5, 0.6) is 0 Å². The zero-order valence-corrected chi connectivity index (χ0v) is 47.7. The van der Waals surface area contributed by atoms with Gasteiger partial charge in [-0.25, -0.2) is 0 Å². The molecular weight excluding hydrogens is 889 g/mol. The Morgan fingerprint density at radius 1 is 0.292 bits per heavy atom. The van der Waals surface area contributed by atoms with Gasteiger partial charge in [-0.05, 0) is 83.5 Å². The van der Waals surface area contributed by atoms with Gasteiger partial charge in [-0.2, -0.15) is 0 Å². The Labute approximate surface area is 446 Å². The molecule has 0 saturated heterocycles. The standard InChI is InChI=1S/C66H116O6/c1-4-7-10-13-16-19-22-24-25-26-27-28-29-30-31-32-33-34-35-36-37-38-39-40-41-43-44-47-50-53-56-59-65(68)71-62-63(61-70-64(67)58-55-52-49-46-21-18-15-12-9-6-3)72-66(69)60-57-54-51-48-45-42-23-20-17-14-11-8-5-2/h7,10,12,15-16,19,24-25,27-28,30-31,63H,4-6,8-9,11,13-14,17-18,20-23,26,29,32-62H2,1-3H3/b10-7-,15-12-,19-16-,25-24-,28-27-,31-30-. The first-order valence-corrected chi connectivity index (χ1v) is 30.9. The number of carbonyl (C=O) groups is 3. The zero-order chi connectivity index (χ0) is 52.2. The average molecular weight is 1010 g/mol. The first-order chi connectivity index (χ1) is 35.5. The van der Waals surface area contributed by atoms with Crippen molar-refractivity contribution < 1.29 is 28.6 Å². The summed E-state index contributed by atoms with van der Waals surface area (Å²) >= 11 is 0. The van der Waals surface area contributed by atoms with Crippen LogP contribution in [-0.2, 0) is 28.6 Å². The van der Waals surface area contributed by atoms with Crippen LogP contribution in [-0.4, -0.2) is 37.2 Å². The van der Waals surface area contributed by atoms with Gasteiger partial charge in [0.05, 0.1) is 0 Å². The van der Waals surface area contributed by atoms with Gasteiger partial charge in [-0.3, -0.25) is 14.4 Å². The third kappa shape index (κ3) is 57.7. The predicted octanol–water partition coefficient (Wildman–Crippen LogP) is 20.9. The molecule has 0 amide bonds. The summed E-state index contributed by atoms with van der Waals surface area (Å²) in [5.41, 5.74) is 0. The maximum atomic E-state index is 12.8. The van der Waals surface area contributed by atoms with E-state index in [0.29, 0.717) is 19.3 Å². The average Bonchev–Trinajstić information content (AvgIpc) is 3.38. The second kappa shape index (κ2) is 60.4. The van der Waals surface area contributed by atoms with E-state index in [2.05, 4.69) is 93.7 Å². The summed E-state index contributed by atoms with van der Waals surface area (Å²) in [6.07, 6.45) is 77.8. The van der Waals surface area contributed by atoms with E-state index in [1.807, 2.05) is 0 Å². The molecule has 1 unspecified atom stereocenters. The number of esters is 3. The normalized spacial score (nSPS) is 12.5. The smallest absolute Gasteiger partial charge is 0.306 e. The highest BCUT2D eigenvalue weighted by Crippen LogP contribution is 2.17. The molecule has 0 aliphatic carbocycles. The number of allylic oxidation sites excluding steroid dienone is 12. The molecule has 6 heteroatoms. The molecule has 0 heterocycles. The molecule has 0 aromatic carbocycles. The highest BCUT2D eigenvalue weighted by atomic mass is 16.6. The molecule has 0 saturated carbocycles. The van der Waals surface area contributed by atoms with Crippen LogP contribution in [0, 0.1) is 0 Å². The largest absolute Gasteiger partial charge is 0.462 e. The lowest BCUT2D eigenvalue weighted by Gasteiger charge is -2.18. The van der Waals surface area contributed by atoms with Crippen molar-refractivity contribution in [1.82, 2.24) is 0 Å². The zero-order valence-electron chi connectivity index (χ0n) is 47.7. The number of hydrogen-bond donors (Lipinski definition) is 0. The van der Waals surface area contributed by atoms with Gasteiger partial charge < -0.3 is 14.2 Å². The van der Waals surface area contributed by atoms with Crippen LogP contribution in [0.25, 0.3) is 0 Å². The molecule has 6 nitrogen and oxygen atoms in total. The molecule has 0 aliphatic heterocycles. The topological polar surface area (TPSA) is 78.9 Å². The minimum Gasteiger partial charge on any atom is -0.462 e. The van der Waals surface area contributed by atoms with Crippen molar-refractivity contribution in [2.75, 3.05) is 13.2 Å². The second-order valence-corrected chi connectivity index (χ2v) is 20.6. The quantitative estimate of drug-likeness (QED) is 0.0261. The Bertz CT molecular complexity index is 1340. The minimum atomic E-state index is -0.774. The Morgan fingerprint density at radius 2 is 0.569 bits per heavy atom. The van der Waals surface area contributed by atoms with Crippen molar-refractivity contribution in [3.05, 3.63) is 72.9 Å². The van der Waals surface area contributed by atoms with Crippen LogP contribution in [0.3, 0.4) is 0 Å². The maximum Gasteiger partial charge on any atom is 0.306 e. The fourth-order valence-corrected chi connectivity index (χ4v) is 8.83. The molecule has 0 bridgehead atoms. The number of carbonyl (C=O) groups excluding carboxylic acids is 3. The van der Waals surface area contributed by atoms with Crippen molar-refractivity contribution in [1.29, 1.82) is 0 Å².